The largest absolute Gasteiger partial charge is 0.448 e. The lowest BCUT2D eigenvalue weighted by atomic mass is 10.0. The minimum Gasteiger partial charge on any atom is -0.448 e. The van der Waals surface area contributed by atoms with Gasteiger partial charge < -0.3 is 21.5 Å². The SMILES string of the molecule is NC(=O)c1cc(C(N)COC(=O)NC2CC2)ccc1Cl. The van der Waals surface area contributed by atoms with Gasteiger partial charge in [0, 0.05) is 6.04 Å². The molecule has 108 valence electrons. The van der Waals surface area contributed by atoms with Crippen molar-refractivity contribution in [3.05, 3.63) is 34.3 Å². The van der Waals surface area contributed by atoms with E-state index in [2.05, 4.69) is 5.32 Å². The zero-order chi connectivity index (χ0) is 14.7. The number of nitrogens with two attached hydrogens (primary N) is 2. The summed E-state index contributed by atoms with van der Waals surface area (Å²) in [5, 5.41) is 2.95. The average Bonchev–Trinajstić information content (AvgIpc) is 3.20. The van der Waals surface area contributed by atoms with Crippen LogP contribution in [-0.2, 0) is 4.74 Å². The van der Waals surface area contributed by atoms with Crippen molar-refractivity contribution in [1.29, 1.82) is 0 Å². The van der Waals surface area contributed by atoms with Gasteiger partial charge in [-0.05, 0) is 30.5 Å². The number of primary amides is 1. The quantitative estimate of drug-likeness (QED) is 0.762. The van der Waals surface area contributed by atoms with E-state index >= 15 is 0 Å². The van der Waals surface area contributed by atoms with Crippen LogP contribution in [-0.4, -0.2) is 24.6 Å². The molecule has 1 aromatic carbocycles. The highest BCUT2D eigenvalue weighted by molar-refractivity contribution is 6.33. The predicted molar refractivity (Wildman–Crippen MR) is 74.4 cm³/mol. The van der Waals surface area contributed by atoms with E-state index < -0.39 is 18.0 Å². The molecule has 0 aromatic heterocycles. The highest BCUT2D eigenvalue weighted by Crippen LogP contribution is 2.21. The molecule has 1 saturated carbocycles. The van der Waals surface area contributed by atoms with Crippen molar-refractivity contribution >= 4 is 23.6 Å². The van der Waals surface area contributed by atoms with Crippen LogP contribution in [0.25, 0.3) is 0 Å². The molecule has 0 aliphatic heterocycles. The number of carbonyl (C=O) groups is 2. The number of ether oxygens (including phenoxy) is 1. The van der Waals surface area contributed by atoms with Crippen molar-refractivity contribution < 1.29 is 14.3 Å². The number of amides is 2. The van der Waals surface area contributed by atoms with Crippen LogP contribution >= 0.6 is 11.6 Å². The Kier molecular flexibility index (Phi) is 4.46. The Morgan fingerprint density at radius 3 is 2.75 bits per heavy atom. The Balaban J connectivity index is 1.94. The van der Waals surface area contributed by atoms with Crippen LogP contribution in [0.4, 0.5) is 4.79 Å². The number of rotatable bonds is 5. The van der Waals surface area contributed by atoms with Crippen LogP contribution in [0.2, 0.25) is 5.02 Å². The minimum atomic E-state index is -0.628. The third kappa shape index (κ3) is 3.85. The molecule has 0 spiro atoms. The maximum absolute atomic E-state index is 11.4. The van der Waals surface area contributed by atoms with Gasteiger partial charge in [-0.25, -0.2) is 4.79 Å². The van der Waals surface area contributed by atoms with Crippen molar-refractivity contribution in [1.82, 2.24) is 5.32 Å². The minimum absolute atomic E-state index is 0.0123. The Hall–Kier alpha value is -1.79. The normalized spacial score (nSPS) is 15.5. The zero-order valence-electron chi connectivity index (χ0n) is 10.8. The first-order chi connectivity index (χ1) is 9.47. The number of hydrogen-bond acceptors (Lipinski definition) is 4. The summed E-state index contributed by atoms with van der Waals surface area (Å²) < 4.78 is 5.02. The van der Waals surface area contributed by atoms with E-state index in [0.29, 0.717) is 5.56 Å². The van der Waals surface area contributed by atoms with Gasteiger partial charge in [0.25, 0.3) is 0 Å². The summed E-state index contributed by atoms with van der Waals surface area (Å²) >= 11 is 5.85. The molecule has 1 aromatic rings. The predicted octanol–water partition coefficient (Wildman–Crippen LogP) is 1.33. The Morgan fingerprint density at radius 1 is 1.45 bits per heavy atom. The van der Waals surface area contributed by atoms with Crippen LogP contribution in [0.3, 0.4) is 0 Å². The lowest BCUT2D eigenvalue weighted by Crippen LogP contribution is -2.29. The van der Waals surface area contributed by atoms with Gasteiger partial charge in [-0.15, -0.1) is 0 Å². The lowest BCUT2D eigenvalue weighted by molar-refractivity contribution is 0.0999. The monoisotopic (exact) mass is 297 g/mol. The van der Waals surface area contributed by atoms with Crippen molar-refractivity contribution in [3.8, 4) is 0 Å². The fraction of sp³-hybridized carbons (Fsp3) is 0.385. The van der Waals surface area contributed by atoms with Gasteiger partial charge in [-0.3, -0.25) is 4.79 Å². The highest BCUT2D eigenvalue weighted by atomic mass is 35.5. The molecule has 5 N–H and O–H groups in total. The first-order valence-electron chi connectivity index (χ1n) is 6.25. The molecule has 1 aliphatic carbocycles. The summed E-state index contributed by atoms with van der Waals surface area (Å²) in [5.74, 6) is -0.628. The van der Waals surface area contributed by atoms with Gasteiger partial charge in [0.05, 0.1) is 16.6 Å². The summed E-state index contributed by atoms with van der Waals surface area (Å²) in [7, 11) is 0. The second-order valence-electron chi connectivity index (χ2n) is 4.73. The van der Waals surface area contributed by atoms with Crippen LogP contribution < -0.4 is 16.8 Å². The second kappa shape index (κ2) is 6.11. The van der Waals surface area contributed by atoms with Crippen LogP contribution in [0.5, 0.6) is 0 Å². The molecule has 0 radical (unpaired) electrons. The molecule has 2 rings (SSSR count). The van der Waals surface area contributed by atoms with Crippen LogP contribution in [0.15, 0.2) is 18.2 Å². The summed E-state index contributed by atoms with van der Waals surface area (Å²) in [6.45, 7) is 0.0123. The Bertz CT molecular complexity index is 532. The van der Waals surface area contributed by atoms with E-state index in [9.17, 15) is 9.59 Å². The molecule has 2 amide bonds. The second-order valence-corrected chi connectivity index (χ2v) is 5.13. The van der Waals surface area contributed by atoms with E-state index in [0.717, 1.165) is 12.8 Å². The molecule has 1 aliphatic rings. The van der Waals surface area contributed by atoms with Crippen molar-refractivity contribution in [2.45, 2.75) is 24.9 Å². The standard InChI is InChI=1S/C13H16ClN3O3/c14-10-4-1-7(5-9(10)12(16)18)11(15)6-20-13(19)17-8-2-3-8/h1,4-5,8,11H,2-3,6,15H2,(H2,16,18)(H,17,19). The number of benzene rings is 1. The van der Waals surface area contributed by atoms with Gasteiger partial charge in [-0.2, -0.15) is 0 Å². The summed E-state index contributed by atoms with van der Waals surface area (Å²) in [5.41, 5.74) is 11.9. The highest BCUT2D eigenvalue weighted by Gasteiger charge is 2.24. The summed E-state index contributed by atoms with van der Waals surface area (Å²) in [6, 6.07) is 4.41. The Labute approximate surface area is 121 Å². The first-order valence-corrected chi connectivity index (χ1v) is 6.63. The molecular formula is C13H16ClN3O3. The number of carbonyl (C=O) groups excluding carboxylic acids is 2. The summed E-state index contributed by atoms with van der Waals surface area (Å²) in [4.78, 5) is 22.6. The van der Waals surface area contributed by atoms with Crippen molar-refractivity contribution in [2.24, 2.45) is 11.5 Å². The van der Waals surface area contributed by atoms with Crippen LogP contribution in [0.1, 0.15) is 34.8 Å². The molecule has 6 nitrogen and oxygen atoms in total. The molecule has 1 atom stereocenters. The van der Waals surface area contributed by atoms with E-state index in [-0.39, 0.29) is 23.2 Å². The molecule has 0 saturated heterocycles. The van der Waals surface area contributed by atoms with Gasteiger partial charge >= 0.3 is 6.09 Å². The van der Waals surface area contributed by atoms with Crippen molar-refractivity contribution in [2.75, 3.05) is 6.61 Å². The van der Waals surface area contributed by atoms with Crippen LogP contribution in [0, 0.1) is 0 Å². The van der Waals surface area contributed by atoms with E-state index in [1.807, 2.05) is 0 Å². The summed E-state index contributed by atoms with van der Waals surface area (Å²) in [6.07, 6.45) is 1.49. The van der Waals surface area contributed by atoms with Crippen molar-refractivity contribution in [3.63, 3.8) is 0 Å². The van der Waals surface area contributed by atoms with Gasteiger partial charge in [0.15, 0.2) is 0 Å². The third-order valence-corrected chi connectivity index (χ3v) is 3.31. The number of halogens is 1. The topological polar surface area (TPSA) is 107 Å². The van der Waals surface area contributed by atoms with Gasteiger partial charge in [0.1, 0.15) is 6.61 Å². The number of hydrogen-bond donors (Lipinski definition) is 3. The first kappa shape index (κ1) is 14.6. The molecule has 20 heavy (non-hydrogen) atoms. The van der Waals surface area contributed by atoms with E-state index in [4.69, 9.17) is 27.8 Å². The molecule has 0 heterocycles. The molecular weight excluding hydrogens is 282 g/mol. The Morgan fingerprint density at radius 2 is 2.15 bits per heavy atom. The van der Waals surface area contributed by atoms with Gasteiger partial charge in [-0.1, -0.05) is 17.7 Å². The third-order valence-electron chi connectivity index (χ3n) is 2.98. The smallest absolute Gasteiger partial charge is 0.407 e. The van der Waals surface area contributed by atoms with E-state index in [1.54, 1.807) is 12.1 Å². The lowest BCUT2D eigenvalue weighted by Gasteiger charge is -2.14. The van der Waals surface area contributed by atoms with Gasteiger partial charge in [0.2, 0.25) is 5.91 Å². The maximum Gasteiger partial charge on any atom is 0.407 e. The molecule has 7 heteroatoms. The van der Waals surface area contributed by atoms with E-state index in [1.165, 1.54) is 6.07 Å². The zero-order valence-corrected chi connectivity index (χ0v) is 11.5. The number of nitrogens with one attached hydrogen (secondary N) is 1. The molecule has 0 bridgehead atoms. The average molecular weight is 298 g/mol. The fourth-order valence-corrected chi connectivity index (χ4v) is 1.87. The molecule has 1 fully saturated rings. The number of alkyl carbamates (subject to hydrolysis) is 1. The maximum atomic E-state index is 11.4. The fourth-order valence-electron chi connectivity index (χ4n) is 1.66. The molecule has 1 unspecified atom stereocenters.